The predicted molar refractivity (Wildman–Crippen MR) is 106 cm³/mol. The van der Waals surface area contributed by atoms with Crippen molar-refractivity contribution in [3.63, 3.8) is 0 Å². The van der Waals surface area contributed by atoms with Crippen LogP contribution in [-0.2, 0) is 0 Å². The average Bonchev–Trinajstić information content (AvgIpc) is 2.69. The molecular weight excluding hydrogens is 340 g/mol. The number of hydrogen-bond acceptors (Lipinski definition) is 4. The number of allylic oxidation sites excluding steroid dienone is 4. The number of benzene rings is 1. The first-order valence-corrected chi connectivity index (χ1v) is 8.92. The van der Waals surface area contributed by atoms with E-state index in [2.05, 4.69) is 17.1 Å². The minimum Gasteiger partial charge on any atom is -0.503 e. The van der Waals surface area contributed by atoms with Crippen LogP contribution in [0.15, 0.2) is 65.9 Å². The van der Waals surface area contributed by atoms with E-state index in [1.54, 1.807) is 11.5 Å². The summed E-state index contributed by atoms with van der Waals surface area (Å²) in [5.41, 5.74) is 2.95. The highest BCUT2D eigenvalue weighted by Crippen LogP contribution is 2.32. The molecule has 0 aliphatic heterocycles. The van der Waals surface area contributed by atoms with Gasteiger partial charge in [-0.05, 0) is 36.8 Å². The molecule has 1 unspecified atom stereocenters. The highest BCUT2D eigenvalue weighted by atomic mass is 16.3. The highest BCUT2D eigenvalue weighted by Gasteiger charge is 2.17. The van der Waals surface area contributed by atoms with Gasteiger partial charge >= 0.3 is 0 Å². The van der Waals surface area contributed by atoms with Crippen molar-refractivity contribution in [3.8, 4) is 5.75 Å². The number of aliphatic hydroxyl groups excluding tert-OH is 1. The molecule has 0 amide bonds. The van der Waals surface area contributed by atoms with E-state index in [1.807, 2.05) is 36.7 Å². The fourth-order valence-corrected chi connectivity index (χ4v) is 3.52. The molecule has 0 bridgehead atoms. The SMILES string of the molecule is CC(O)c1cc(=O)c(O)cn1C1=CC(c2cncc3ccccc23)=CCC1. The molecule has 3 aromatic rings. The first-order chi connectivity index (χ1) is 13.0. The molecule has 5 nitrogen and oxygen atoms in total. The van der Waals surface area contributed by atoms with Gasteiger partial charge in [0.2, 0.25) is 5.43 Å². The van der Waals surface area contributed by atoms with Crippen molar-refractivity contribution >= 4 is 22.0 Å². The molecule has 0 fully saturated rings. The van der Waals surface area contributed by atoms with Gasteiger partial charge < -0.3 is 14.8 Å². The van der Waals surface area contributed by atoms with Gasteiger partial charge in [0, 0.05) is 35.1 Å². The molecule has 2 heterocycles. The molecule has 27 heavy (non-hydrogen) atoms. The summed E-state index contributed by atoms with van der Waals surface area (Å²) in [6, 6.07) is 9.39. The van der Waals surface area contributed by atoms with Crippen LogP contribution in [0.25, 0.3) is 22.0 Å². The molecule has 0 radical (unpaired) electrons. The summed E-state index contributed by atoms with van der Waals surface area (Å²) in [4.78, 5) is 16.2. The van der Waals surface area contributed by atoms with Crippen LogP contribution >= 0.6 is 0 Å². The first-order valence-electron chi connectivity index (χ1n) is 8.92. The number of rotatable bonds is 3. The van der Waals surface area contributed by atoms with Crippen molar-refractivity contribution in [1.82, 2.24) is 9.55 Å². The smallest absolute Gasteiger partial charge is 0.223 e. The number of fused-ring (bicyclic) bond motifs is 1. The van der Waals surface area contributed by atoms with E-state index in [0.717, 1.165) is 40.4 Å². The molecule has 1 aliphatic carbocycles. The molecule has 1 atom stereocenters. The van der Waals surface area contributed by atoms with Crippen molar-refractivity contribution in [2.45, 2.75) is 25.9 Å². The number of aromatic nitrogens is 2. The number of pyridine rings is 2. The van der Waals surface area contributed by atoms with Crippen molar-refractivity contribution in [1.29, 1.82) is 0 Å². The van der Waals surface area contributed by atoms with Crippen LogP contribution < -0.4 is 5.43 Å². The van der Waals surface area contributed by atoms with E-state index in [0.29, 0.717) is 5.69 Å². The summed E-state index contributed by atoms with van der Waals surface area (Å²) in [5.74, 6) is -0.330. The summed E-state index contributed by atoms with van der Waals surface area (Å²) >= 11 is 0. The largest absolute Gasteiger partial charge is 0.503 e. The molecular formula is C22H20N2O3. The molecule has 1 aliphatic rings. The topological polar surface area (TPSA) is 75.3 Å². The number of aliphatic hydroxyl groups is 1. The third kappa shape index (κ3) is 3.17. The molecule has 2 N–H and O–H groups in total. The maximum atomic E-state index is 11.8. The monoisotopic (exact) mass is 360 g/mol. The first kappa shape index (κ1) is 17.2. The van der Waals surface area contributed by atoms with Gasteiger partial charge in [0.05, 0.1) is 18.0 Å². The van der Waals surface area contributed by atoms with Gasteiger partial charge in [-0.3, -0.25) is 9.78 Å². The minimum atomic E-state index is -0.826. The number of hydrogen-bond donors (Lipinski definition) is 2. The van der Waals surface area contributed by atoms with Gasteiger partial charge in [0.1, 0.15) is 0 Å². The van der Waals surface area contributed by atoms with Gasteiger partial charge in [0.15, 0.2) is 5.75 Å². The zero-order valence-electron chi connectivity index (χ0n) is 15.0. The Hall–Kier alpha value is -3.18. The average molecular weight is 360 g/mol. The zero-order chi connectivity index (χ0) is 19.0. The lowest BCUT2D eigenvalue weighted by atomic mass is 9.95. The lowest BCUT2D eigenvalue weighted by Crippen LogP contribution is -2.15. The second-order valence-electron chi connectivity index (χ2n) is 6.74. The summed E-state index contributed by atoms with van der Waals surface area (Å²) < 4.78 is 1.72. The van der Waals surface area contributed by atoms with Crippen LogP contribution in [0.1, 0.15) is 37.1 Å². The molecule has 0 saturated heterocycles. The standard InChI is InChI=1S/C22H20N2O3/c1-14(25)20-10-21(26)22(27)13-24(20)17-7-4-6-15(9-17)19-12-23-11-16-5-2-3-8-18(16)19/h2-3,5-6,8-14,25,27H,4,7H2,1H3. The fourth-order valence-electron chi connectivity index (χ4n) is 3.52. The molecule has 4 rings (SSSR count). The van der Waals surface area contributed by atoms with E-state index in [-0.39, 0.29) is 5.75 Å². The van der Waals surface area contributed by atoms with E-state index in [9.17, 15) is 15.0 Å². The van der Waals surface area contributed by atoms with Crippen molar-refractivity contribution in [2.24, 2.45) is 0 Å². The Morgan fingerprint density at radius 1 is 1.22 bits per heavy atom. The maximum Gasteiger partial charge on any atom is 0.223 e. The van der Waals surface area contributed by atoms with Crippen LogP contribution in [0.3, 0.4) is 0 Å². The van der Waals surface area contributed by atoms with E-state index in [4.69, 9.17) is 0 Å². The molecule has 0 spiro atoms. The Balaban J connectivity index is 1.85. The maximum absolute atomic E-state index is 11.8. The Morgan fingerprint density at radius 2 is 2.04 bits per heavy atom. The van der Waals surface area contributed by atoms with Crippen LogP contribution in [0.2, 0.25) is 0 Å². The second kappa shape index (κ2) is 6.85. The number of nitrogens with zero attached hydrogens (tertiary/aromatic N) is 2. The molecule has 136 valence electrons. The van der Waals surface area contributed by atoms with E-state index >= 15 is 0 Å². The normalized spacial score (nSPS) is 15.3. The minimum absolute atomic E-state index is 0.330. The lowest BCUT2D eigenvalue weighted by molar-refractivity contribution is 0.191. The quantitative estimate of drug-likeness (QED) is 0.743. The van der Waals surface area contributed by atoms with Gasteiger partial charge in [-0.1, -0.05) is 30.3 Å². The molecule has 0 saturated carbocycles. The molecule has 5 heteroatoms. The second-order valence-corrected chi connectivity index (χ2v) is 6.74. The Morgan fingerprint density at radius 3 is 2.85 bits per heavy atom. The van der Waals surface area contributed by atoms with Crippen LogP contribution in [0.4, 0.5) is 0 Å². The number of aromatic hydroxyl groups is 1. The third-order valence-electron chi connectivity index (χ3n) is 4.86. The van der Waals surface area contributed by atoms with Crippen LogP contribution in [-0.4, -0.2) is 19.8 Å². The van der Waals surface area contributed by atoms with Gasteiger partial charge in [-0.25, -0.2) is 0 Å². The van der Waals surface area contributed by atoms with Crippen molar-refractivity contribution in [2.75, 3.05) is 0 Å². The van der Waals surface area contributed by atoms with Crippen molar-refractivity contribution < 1.29 is 10.2 Å². The molecule has 1 aromatic carbocycles. The Labute approximate surface area is 156 Å². The highest BCUT2D eigenvalue weighted by molar-refractivity contribution is 5.97. The summed E-state index contributed by atoms with van der Waals surface area (Å²) in [6.07, 6.45) is 10.0. The summed E-state index contributed by atoms with van der Waals surface area (Å²) in [7, 11) is 0. The third-order valence-corrected chi connectivity index (χ3v) is 4.86. The fraction of sp³-hybridized carbons (Fsp3) is 0.182. The summed E-state index contributed by atoms with van der Waals surface area (Å²) in [6.45, 7) is 1.61. The van der Waals surface area contributed by atoms with Gasteiger partial charge in [-0.15, -0.1) is 0 Å². The summed E-state index contributed by atoms with van der Waals surface area (Å²) in [5, 5.41) is 22.2. The van der Waals surface area contributed by atoms with E-state index < -0.39 is 11.5 Å². The molecule has 2 aromatic heterocycles. The Kier molecular flexibility index (Phi) is 4.38. The van der Waals surface area contributed by atoms with Gasteiger partial charge in [-0.2, -0.15) is 0 Å². The van der Waals surface area contributed by atoms with Crippen LogP contribution in [0, 0.1) is 0 Å². The lowest BCUT2D eigenvalue weighted by Gasteiger charge is -2.22. The van der Waals surface area contributed by atoms with Crippen LogP contribution in [0.5, 0.6) is 5.75 Å². The predicted octanol–water partition coefficient (Wildman–Crippen LogP) is 3.87. The zero-order valence-corrected chi connectivity index (χ0v) is 15.0. The Bertz CT molecular complexity index is 1130. The van der Waals surface area contributed by atoms with Crippen molar-refractivity contribution in [3.05, 3.63) is 82.6 Å². The van der Waals surface area contributed by atoms with Gasteiger partial charge in [0.25, 0.3) is 0 Å². The van der Waals surface area contributed by atoms with E-state index in [1.165, 1.54) is 12.3 Å².